The van der Waals surface area contributed by atoms with Crippen molar-refractivity contribution >= 4 is 20.7 Å². The number of ether oxygens (including phenoxy) is 2. The van der Waals surface area contributed by atoms with E-state index in [0.29, 0.717) is 17.2 Å². The average Bonchev–Trinajstić information content (AvgIpc) is 2.53. The summed E-state index contributed by atoms with van der Waals surface area (Å²) in [4.78, 5) is 21.3. The molecule has 0 spiro atoms. The van der Waals surface area contributed by atoms with E-state index in [1.807, 2.05) is 6.92 Å². The molecule has 0 fully saturated rings. The summed E-state index contributed by atoms with van der Waals surface area (Å²) in [7, 11) is 1.75. The number of methoxy groups -OCH3 is 1. The van der Waals surface area contributed by atoms with Gasteiger partial charge in [-0.25, -0.2) is 9.59 Å². The largest absolute Gasteiger partial charge is 0.502 e. The summed E-state index contributed by atoms with van der Waals surface area (Å²) in [6.07, 6.45) is 0.877. The van der Waals surface area contributed by atoms with Crippen LogP contribution in [0.1, 0.15) is 27.2 Å². The van der Waals surface area contributed by atoms with Crippen LogP contribution in [0.25, 0.3) is 0 Å². The van der Waals surface area contributed by atoms with E-state index in [4.69, 9.17) is 18.0 Å². The molecule has 23 heavy (non-hydrogen) atoms. The van der Waals surface area contributed by atoms with E-state index in [1.54, 1.807) is 13.8 Å². The molecule has 0 aromatic heterocycles. The van der Waals surface area contributed by atoms with Gasteiger partial charge in [0.2, 0.25) is 0 Å². The first-order valence-electron chi connectivity index (χ1n) is 7.00. The lowest BCUT2D eigenvalue weighted by molar-refractivity contribution is -0.147. The van der Waals surface area contributed by atoms with Gasteiger partial charge in [0.15, 0.2) is 6.79 Å². The molecule has 0 saturated heterocycles. The number of hydrogen-bond donors (Lipinski definition) is 0. The summed E-state index contributed by atoms with van der Waals surface area (Å²) in [6, 6.07) is 0.685. The van der Waals surface area contributed by atoms with Crippen molar-refractivity contribution in [1.29, 1.82) is 0 Å². The fourth-order valence-corrected chi connectivity index (χ4v) is 3.06. The standard InChI is InChI=1S/C10H20O5Si.C5H8O2/c1-6-7-16(12-4,13-5)15-8-14-10(11)9(2)3;1-4(2)5(6)7-3/h2,6-8H2,1,3-5H3;1H2,2-3H3. The zero-order valence-electron chi connectivity index (χ0n) is 14.9. The minimum Gasteiger partial charge on any atom is -0.466 e. The van der Waals surface area contributed by atoms with Crippen molar-refractivity contribution in [2.75, 3.05) is 28.1 Å². The van der Waals surface area contributed by atoms with Crippen LogP contribution < -0.4 is 0 Å². The third-order valence-electron chi connectivity index (χ3n) is 2.53. The summed E-state index contributed by atoms with van der Waals surface area (Å²) in [5, 5.41) is 0. The van der Waals surface area contributed by atoms with E-state index in [1.165, 1.54) is 21.3 Å². The third kappa shape index (κ3) is 10.8. The van der Waals surface area contributed by atoms with Gasteiger partial charge in [-0.15, -0.1) is 0 Å². The Labute approximate surface area is 139 Å². The Balaban J connectivity index is 0. The lowest BCUT2D eigenvalue weighted by Crippen LogP contribution is -2.44. The zero-order chi connectivity index (χ0) is 18.5. The Bertz CT molecular complexity index is 403. The highest BCUT2D eigenvalue weighted by Crippen LogP contribution is 2.15. The number of esters is 2. The molecule has 0 aliphatic heterocycles. The van der Waals surface area contributed by atoms with Crippen molar-refractivity contribution < 1.29 is 32.3 Å². The molecule has 0 aliphatic rings. The minimum atomic E-state index is -2.65. The molecule has 8 heteroatoms. The molecule has 134 valence electrons. The Morgan fingerprint density at radius 3 is 1.70 bits per heavy atom. The first-order chi connectivity index (χ1) is 10.7. The molecule has 0 rings (SSSR count). The third-order valence-corrected chi connectivity index (χ3v) is 5.44. The van der Waals surface area contributed by atoms with Crippen LogP contribution >= 0.6 is 0 Å². The zero-order valence-corrected chi connectivity index (χ0v) is 15.9. The lowest BCUT2D eigenvalue weighted by Gasteiger charge is -2.25. The van der Waals surface area contributed by atoms with Gasteiger partial charge >= 0.3 is 20.7 Å². The summed E-state index contributed by atoms with van der Waals surface area (Å²) in [5.41, 5.74) is 0.767. The van der Waals surface area contributed by atoms with Crippen molar-refractivity contribution in [3.05, 3.63) is 24.3 Å². The SMILES string of the molecule is C=C(C)C(=O)OC.C=C(C)C(=O)OCO[Si](CCC)(OC)OC. The van der Waals surface area contributed by atoms with Crippen LogP contribution in [0, 0.1) is 0 Å². The first-order valence-corrected chi connectivity index (χ1v) is 8.93. The Morgan fingerprint density at radius 1 is 0.957 bits per heavy atom. The van der Waals surface area contributed by atoms with Crippen LogP contribution in [0.15, 0.2) is 24.3 Å². The smallest absolute Gasteiger partial charge is 0.466 e. The van der Waals surface area contributed by atoms with Crippen LogP contribution in [-0.4, -0.2) is 48.9 Å². The molecule has 0 heterocycles. The van der Waals surface area contributed by atoms with Crippen molar-refractivity contribution in [1.82, 2.24) is 0 Å². The van der Waals surface area contributed by atoms with Crippen LogP contribution in [0.4, 0.5) is 0 Å². The van der Waals surface area contributed by atoms with Crippen molar-refractivity contribution in [2.24, 2.45) is 0 Å². The maximum absolute atomic E-state index is 11.1. The molecule has 0 saturated carbocycles. The highest BCUT2D eigenvalue weighted by atomic mass is 28.4. The van der Waals surface area contributed by atoms with E-state index in [9.17, 15) is 9.59 Å². The number of carbonyl (C=O) groups excluding carboxylic acids is 2. The summed E-state index contributed by atoms with van der Waals surface area (Å²) in [5.74, 6) is -0.827. The van der Waals surface area contributed by atoms with Crippen LogP contribution in [0.3, 0.4) is 0 Å². The lowest BCUT2D eigenvalue weighted by atomic mass is 10.4. The normalized spacial score (nSPS) is 10.2. The monoisotopic (exact) mass is 348 g/mol. The molecular weight excluding hydrogens is 320 g/mol. The molecule has 0 atom stereocenters. The topological polar surface area (TPSA) is 80.3 Å². The van der Waals surface area contributed by atoms with Crippen molar-refractivity contribution in [3.8, 4) is 0 Å². The van der Waals surface area contributed by atoms with Crippen molar-refractivity contribution in [3.63, 3.8) is 0 Å². The van der Waals surface area contributed by atoms with Gasteiger partial charge in [0.1, 0.15) is 0 Å². The van der Waals surface area contributed by atoms with Gasteiger partial charge < -0.3 is 22.8 Å². The van der Waals surface area contributed by atoms with E-state index in [2.05, 4.69) is 17.9 Å². The average molecular weight is 348 g/mol. The van der Waals surface area contributed by atoms with Gasteiger partial charge in [-0.1, -0.05) is 26.5 Å². The van der Waals surface area contributed by atoms with Gasteiger partial charge in [-0.05, 0) is 13.8 Å². The molecule has 0 amide bonds. The maximum atomic E-state index is 11.1. The Hall–Kier alpha value is -1.48. The minimum absolute atomic E-state index is 0.167. The van der Waals surface area contributed by atoms with Gasteiger partial charge in [-0.2, -0.15) is 0 Å². The first kappa shape index (κ1) is 23.8. The summed E-state index contributed by atoms with van der Waals surface area (Å²) >= 11 is 0. The second kappa shape index (κ2) is 13.0. The molecule has 0 bridgehead atoms. The molecule has 0 aromatic rings. The second-order valence-electron chi connectivity index (χ2n) is 4.59. The summed E-state index contributed by atoms with van der Waals surface area (Å²) < 4.78 is 25.0. The summed E-state index contributed by atoms with van der Waals surface area (Å²) in [6.45, 7) is 11.8. The van der Waals surface area contributed by atoms with Crippen LogP contribution in [0.2, 0.25) is 6.04 Å². The van der Waals surface area contributed by atoms with Crippen LogP contribution in [0.5, 0.6) is 0 Å². The molecule has 0 unspecified atom stereocenters. The Morgan fingerprint density at radius 2 is 1.43 bits per heavy atom. The van der Waals surface area contributed by atoms with E-state index in [-0.39, 0.29) is 12.8 Å². The highest BCUT2D eigenvalue weighted by Gasteiger charge is 2.38. The quantitative estimate of drug-likeness (QED) is 0.274. The molecule has 0 radical (unpaired) electrons. The maximum Gasteiger partial charge on any atom is 0.502 e. The number of rotatable bonds is 9. The molecular formula is C15H28O7Si. The van der Waals surface area contributed by atoms with Gasteiger partial charge in [0.05, 0.1) is 7.11 Å². The molecule has 0 aliphatic carbocycles. The Kier molecular flexibility index (Phi) is 13.4. The number of hydrogen-bond acceptors (Lipinski definition) is 7. The fourth-order valence-electron chi connectivity index (χ4n) is 1.25. The molecule has 0 N–H and O–H groups in total. The number of carbonyl (C=O) groups is 2. The fraction of sp³-hybridized carbons (Fsp3) is 0.600. The van der Waals surface area contributed by atoms with Gasteiger partial charge in [0, 0.05) is 31.4 Å². The van der Waals surface area contributed by atoms with Gasteiger partial charge in [-0.3, -0.25) is 0 Å². The second-order valence-corrected chi connectivity index (χ2v) is 7.56. The van der Waals surface area contributed by atoms with Crippen molar-refractivity contribution in [2.45, 2.75) is 33.2 Å². The molecule has 7 nitrogen and oxygen atoms in total. The predicted molar refractivity (Wildman–Crippen MR) is 88.6 cm³/mol. The van der Waals surface area contributed by atoms with Crippen LogP contribution in [-0.2, 0) is 32.3 Å². The van der Waals surface area contributed by atoms with E-state index in [0.717, 1.165) is 6.42 Å². The van der Waals surface area contributed by atoms with Gasteiger partial charge in [0.25, 0.3) is 0 Å². The van der Waals surface area contributed by atoms with E-state index < -0.39 is 14.8 Å². The van der Waals surface area contributed by atoms with E-state index >= 15 is 0 Å². The molecule has 0 aromatic carbocycles. The predicted octanol–water partition coefficient (Wildman–Crippen LogP) is 2.46. The highest BCUT2D eigenvalue weighted by molar-refractivity contribution is 6.60.